The molecular weight excluding hydrogens is 219 g/mol. The Morgan fingerprint density at radius 1 is 1.14 bits per heavy atom. The van der Waals surface area contributed by atoms with Crippen molar-refractivity contribution < 1.29 is 64.3 Å². The van der Waals surface area contributed by atoms with E-state index in [0.717, 1.165) is 12.1 Å². The molecule has 0 aliphatic heterocycles. The van der Waals surface area contributed by atoms with Crippen molar-refractivity contribution in [2.45, 2.75) is 6.54 Å². The van der Waals surface area contributed by atoms with Crippen molar-refractivity contribution in [2.24, 2.45) is 5.73 Å². The van der Waals surface area contributed by atoms with Crippen LogP contribution in [0.3, 0.4) is 0 Å². The Kier molecular flexibility index (Phi) is 5.71. The number of anilines is 1. The maximum absolute atomic E-state index is 12.3. The van der Waals surface area contributed by atoms with Crippen LogP contribution in [-0.4, -0.2) is 6.98 Å². The van der Waals surface area contributed by atoms with E-state index in [4.69, 9.17) is 11.5 Å². The fraction of sp³-hybridized carbons (Fsp3) is 0.143. The quantitative estimate of drug-likeness (QED) is 0.445. The van der Waals surface area contributed by atoms with Gasteiger partial charge in [-0.05, 0) is 11.6 Å². The Hall–Kier alpha value is 0.471. The predicted octanol–water partition coefficient (Wildman–Crippen LogP) is -2.21. The molecule has 0 bridgehead atoms. The molecule has 0 aliphatic carbocycles. The van der Waals surface area contributed by atoms with Crippen LogP contribution in [0.1, 0.15) is 5.56 Å². The van der Waals surface area contributed by atoms with Crippen LogP contribution in [0.15, 0.2) is 18.2 Å². The first-order chi connectivity index (χ1) is 5.93. The van der Waals surface area contributed by atoms with Crippen LogP contribution in [0.5, 0.6) is 0 Å². The van der Waals surface area contributed by atoms with Gasteiger partial charge in [0, 0.05) is 12.2 Å². The van der Waals surface area contributed by atoms with Crippen molar-refractivity contribution in [3.8, 4) is 0 Å². The summed E-state index contributed by atoms with van der Waals surface area (Å²) < 4.78 is 36.8. The summed E-state index contributed by atoms with van der Waals surface area (Å²) in [4.78, 5) is 0. The molecule has 0 radical (unpaired) electrons. The number of hydrogen-bond acceptors (Lipinski definition) is 2. The van der Waals surface area contributed by atoms with Crippen molar-refractivity contribution in [3.05, 3.63) is 23.8 Å². The predicted molar refractivity (Wildman–Crippen MR) is 47.5 cm³/mol. The van der Waals surface area contributed by atoms with Crippen molar-refractivity contribution >= 4 is 18.1 Å². The average Bonchev–Trinajstić information content (AvgIpc) is 2.01. The van der Waals surface area contributed by atoms with E-state index in [9.17, 15) is 12.9 Å². The summed E-state index contributed by atoms with van der Waals surface area (Å²) in [6.07, 6.45) is 0. The summed E-state index contributed by atoms with van der Waals surface area (Å²) in [5.41, 5.74) is 10.3. The summed E-state index contributed by atoms with van der Waals surface area (Å²) in [6, 6.07) is 3.38. The van der Waals surface area contributed by atoms with Crippen molar-refractivity contribution in [2.75, 3.05) is 5.73 Å². The zero-order chi connectivity index (χ0) is 10.1. The Labute approximate surface area is 123 Å². The molecule has 4 N–H and O–H groups in total. The first-order valence-electron chi connectivity index (χ1n) is 3.73. The van der Waals surface area contributed by atoms with E-state index in [2.05, 4.69) is 0 Å². The number of nitrogen functional groups attached to an aromatic ring is 1. The Bertz CT molecular complexity index is 316. The third-order valence-corrected chi connectivity index (χ3v) is 1.65. The molecule has 0 amide bonds. The molecule has 0 saturated carbocycles. The summed E-state index contributed by atoms with van der Waals surface area (Å²) in [5.74, 6) is 0. The average molecular weight is 228 g/mol. The minimum Gasteiger partial charge on any atom is -0.445 e. The third kappa shape index (κ3) is 3.92. The van der Waals surface area contributed by atoms with Gasteiger partial charge < -0.3 is 24.4 Å². The Morgan fingerprint density at radius 3 is 2.14 bits per heavy atom. The minimum absolute atomic E-state index is 0. The second kappa shape index (κ2) is 5.53. The fourth-order valence-corrected chi connectivity index (χ4v) is 1.05. The van der Waals surface area contributed by atoms with Crippen LogP contribution in [0.2, 0.25) is 0 Å². The standard InChI is InChI=1S/C7H9BF3N2.K/c9-8(10,11)6-1-5(4-12)2-7(13)3-6;/h1-3H,4,12-13H2;/q-1;+1. The van der Waals surface area contributed by atoms with Gasteiger partial charge in [0.05, 0.1) is 0 Å². The van der Waals surface area contributed by atoms with Crippen molar-refractivity contribution in [1.29, 1.82) is 0 Å². The van der Waals surface area contributed by atoms with Gasteiger partial charge in [-0.1, -0.05) is 12.1 Å². The Morgan fingerprint density at radius 2 is 1.71 bits per heavy atom. The van der Waals surface area contributed by atoms with Gasteiger partial charge in [0.2, 0.25) is 0 Å². The molecule has 0 aliphatic rings. The van der Waals surface area contributed by atoms with E-state index < -0.39 is 12.4 Å². The van der Waals surface area contributed by atoms with Gasteiger partial charge in [0.15, 0.2) is 0 Å². The zero-order valence-corrected chi connectivity index (χ0v) is 10.9. The van der Waals surface area contributed by atoms with Gasteiger partial charge in [-0.15, -0.1) is 5.46 Å². The molecule has 0 aromatic heterocycles. The second-order valence-corrected chi connectivity index (χ2v) is 2.79. The first-order valence-corrected chi connectivity index (χ1v) is 3.73. The van der Waals surface area contributed by atoms with Crippen LogP contribution < -0.4 is 68.3 Å². The summed E-state index contributed by atoms with van der Waals surface area (Å²) in [7, 11) is 0. The summed E-state index contributed by atoms with van der Waals surface area (Å²) >= 11 is 0. The molecule has 1 rings (SSSR count). The second-order valence-electron chi connectivity index (χ2n) is 2.79. The zero-order valence-electron chi connectivity index (χ0n) is 7.81. The van der Waals surface area contributed by atoms with E-state index in [0.29, 0.717) is 5.56 Å². The first kappa shape index (κ1) is 14.5. The smallest absolute Gasteiger partial charge is 0.445 e. The molecule has 0 spiro atoms. The molecule has 14 heavy (non-hydrogen) atoms. The van der Waals surface area contributed by atoms with E-state index in [1.54, 1.807) is 0 Å². The number of benzene rings is 1. The molecule has 1 aromatic rings. The van der Waals surface area contributed by atoms with Gasteiger partial charge in [0.1, 0.15) is 0 Å². The van der Waals surface area contributed by atoms with Crippen molar-refractivity contribution in [3.63, 3.8) is 0 Å². The molecule has 0 atom stereocenters. The molecule has 72 valence electrons. The summed E-state index contributed by atoms with van der Waals surface area (Å²) in [5, 5.41) is 0. The number of halogens is 3. The normalized spacial score (nSPS) is 10.9. The maximum Gasteiger partial charge on any atom is 1.00 e. The molecule has 2 nitrogen and oxygen atoms in total. The minimum atomic E-state index is -4.99. The molecule has 1 aromatic carbocycles. The molecule has 0 saturated heterocycles. The maximum atomic E-state index is 12.3. The fourth-order valence-electron chi connectivity index (χ4n) is 1.05. The largest absolute Gasteiger partial charge is 1.00 e. The van der Waals surface area contributed by atoms with E-state index in [1.165, 1.54) is 6.07 Å². The number of nitrogens with two attached hydrogens (primary N) is 2. The van der Waals surface area contributed by atoms with Gasteiger partial charge in [-0.3, -0.25) is 0 Å². The molecule has 7 heteroatoms. The van der Waals surface area contributed by atoms with E-state index >= 15 is 0 Å². The SMILES string of the molecule is NCc1cc(N)cc([B-](F)(F)F)c1.[K+]. The van der Waals surface area contributed by atoms with Crippen LogP contribution in [-0.2, 0) is 6.54 Å². The van der Waals surface area contributed by atoms with Crippen LogP contribution in [0.4, 0.5) is 18.6 Å². The van der Waals surface area contributed by atoms with E-state index in [-0.39, 0.29) is 63.6 Å². The van der Waals surface area contributed by atoms with Gasteiger partial charge in [0.25, 0.3) is 0 Å². The van der Waals surface area contributed by atoms with Crippen LogP contribution >= 0.6 is 0 Å². The van der Waals surface area contributed by atoms with Gasteiger partial charge in [-0.25, -0.2) is 0 Å². The topological polar surface area (TPSA) is 52.0 Å². The molecule has 0 fully saturated rings. The monoisotopic (exact) mass is 228 g/mol. The number of rotatable bonds is 2. The number of hydrogen-bond donors (Lipinski definition) is 2. The summed E-state index contributed by atoms with van der Waals surface area (Å²) in [6.45, 7) is -4.93. The van der Waals surface area contributed by atoms with Crippen molar-refractivity contribution in [1.82, 2.24) is 0 Å². The Balaban J connectivity index is 0.00000169. The molecule has 0 unspecified atom stereocenters. The van der Waals surface area contributed by atoms with Gasteiger partial charge >= 0.3 is 58.4 Å². The van der Waals surface area contributed by atoms with E-state index in [1.807, 2.05) is 0 Å². The molecular formula is C7H9BF3KN2. The van der Waals surface area contributed by atoms with Crippen LogP contribution in [0, 0.1) is 0 Å². The van der Waals surface area contributed by atoms with Gasteiger partial charge in [-0.2, -0.15) is 0 Å². The van der Waals surface area contributed by atoms with Crippen LogP contribution in [0.25, 0.3) is 0 Å². The third-order valence-electron chi connectivity index (χ3n) is 1.65. The molecule has 0 heterocycles.